The van der Waals surface area contributed by atoms with Crippen LogP contribution < -0.4 is 11.5 Å². The zero-order valence-electron chi connectivity index (χ0n) is 10.9. The van der Waals surface area contributed by atoms with Gasteiger partial charge in [-0.1, -0.05) is 5.16 Å². The first-order valence-corrected chi connectivity index (χ1v) is 7.78. The molecule has 20 heavy (non-hydrogen) atoms. The van der Waals surface area contributed by atoms with Crippen LogP contribution >= 0.6 is 33.9 Å². The number of nitrogen functional groups attached to an aromatic ring is 2. The molecule has 0 saturated carbocycles. The lowest BCUT2D eigenvalue weighted by Gasteiger charge is -2.02. The molecule has 0 spiro atoms. The summed E-state index contributed by atoms with van der Waals surface area (Å²) in [5.74, 6) is 1.46. The maximum Gasteiger partial charge on any atom is 0.222 e. The van der Waals surface area contributed by atoms with Crippen LogP contribution in [0.2, 0.25) is 0 Å². The van der Waals surface area contributed by atoms with Gasteiger partial charge in [0.2, 0.25) is 5.95 Å². The first kappa shape index (κ1) is 13.6. The molecule has 0 aliphatic heterocycles. The number of thiophene rings is 1. The highest BCUT2D eigenvalue weighted by Gasteiger charge is 2.19. The highest BCUT2D eigenvalue weighted by atomic mass is 127. The molecule has 8 heteroatoms. The highest BCUT2D eigenvalue weighted by molar-refractivity contribution is 14.1. The van der Waals surface area contributed by atoms with Crippen LogP contribution in [0.15, 0.2) is 4.52 Å². The molecular formula is C12H12IN5OS. The minimum absolute atomic E-state index is 0.198. The monoisotopic (exact) mass is 401 g/mol. The number of halogens is 1. The Labute approximate surface area is 132 Å². The first-order chi connectivity index (χ1) is 9.47. The molecule has 0 fully saturated rings. The van der Waals surface area contributed by atoms with Crippen molar-refractivity contribution in [2.24, 2.45) is 0 Å². The zero-order valence-corrected chi connectivity index (χ0v) is 13.9. The number of fused-ring (bicyclic) bond motifs is 1. The molecule has 0 aromatic carbocycles. The molecule has 6 nitrogen and oxygen atoms in total. The van der Waals surface area contributed by atoms with E-state index in [2.05, 4.69) is 37.7 Å². The fraction of sp³-hybridized carbons (Fsp3) is 0.250. The lowest BCUT2D eigenvalue weighted by Crippen LogP contribution is -2.00. The summed E-state index contributed by atoms with van der Waals surface area (Å²) >= 11 is 3.87. The van der Waals surface area contributed by atoms with Gasteiger partial charge in [-0.15, -0.1) is 11.3 Å². The molecule has 0 bridgehead atoms. The van der Waals surface area contributed by atoms with Crippen molar-refractivity contribution in [3.63, 3.8) is 0 Å². The summed E-state index contributed by atoms with van der Waals surface area (Å²) in [6.07, 6.45) is 0.704. The average molecular weight is 401 g/mol. The zero-order chi connectivity index (χ0) is 14.4. The molecule has 0 saturated heterocycles. The molecule has 3 rings (SSSR count). The van der Waals surface area contributed by atoms with Gasteiger partial charge in [0, 0.05) is 17.5 Å². The van der Waals surface area contributed by atoms with E-state index in [0.717, 1.165) is 35.7 Å². The van der Waals surface area contributed by atoms with Crippen LogP contribution in [0.5, 0.6) is 0 Å². The van der Waals surface area contributed by atoms with Crippen molar-refractivity contribution in [1.82, 2.24) is 15.1 Å². The van der Waals surface area contributed by atoms with Crippen molar-refractivity contribution < 1.29 is 4.52 Å². The molecule has 0 unspecified atom stereocenters. The Hall–Kier alpha value is -1.42. The second-order valence-electron chi connectivity index (χ2n) is 4.48. The van der Waals surface area contributed by atoms with E-state index >= 15 is 0 Å². The number of rotatable bonds is 2. The summed E-state index contributed by atoms with van der Waals surface area (Å²) in [6.45, 7) is 3.85. The van der Waals surface area contributed by atoms with E-state index in [-0.39, 0.29) is 5.95 Å². The first-order valence-electron chi connectivity index (χ1n) is 5.89. The average Bonchev–Trinajstić information content (AvgIpc) is 2.85. The largest absolute Gasteiger partial charge is 0.382 e. The van der Waals surface area contributed by atoms with Gasteiger partial charge in [-0.3, -0.25) is 0 Å². The molecule has 104 valence electrons. The summed E-state index contributed by atoms with van der Waals surface area (Å²) in [7, 11) is 0. The Morgan fingerprint density at radius 3 is 2.60 bits per heavy atom. The van der Waals surface area contributed by atoms with E-state index in [1.165, 1.54) is 0 Å². The highest BCUT2D eigenvalue weighted by Crippen LogP contribution is 2.36. The molecule has 3 aromatic rings. The quantitative estimate of drug-likeness (QED) is 0.640. The molecule has 3 heterocycles. The van der Waals surface area contributed by atoms with Crippen LogP contribution in [-0.2, 0) is 6.42 Å². The summed E-state index contributed by atoms with van der Waals surface area (Å²) in [6, 6.07) is 0. The lowest BCUT2D eigenvalue weighted by atomic mass is 10.1. The third-order valence-corrected chi connectivity index (χ3v) is 5.50. The van der Waals surface area contributed by atoms with Crippen LogP contribution in [0, 0.1) is 16.7 Å². The van der Waals surface area contributed by atoms with Gasteiger partial charge in [-0.25, -0.2) is 4.98 Å². The fourth-order valence-corrected chi connectivity index (χ4v) is 4.11. The van der Waals surface area contributed by atoms with Crippen LogP contribution in [0.25, 0.3) is 10.2 Å². The Morgan fingerprint density at radius 1 is 1.20 bits per heavy atom. The Kier molecular flexibility index (Phi) is 3.28. The SMILES string of the molecule is Cc1noc(C)c1Cc1c(I)sc2c(N)nc(N)nc12. The maximum absolute atomic E-state index is 5.92. The van der Waals surface area contributed by atoms with Crippen molar-refractivity contribution in [1.29, 1.82) is 0 Å². The van der Waals surface area contributed by atoms with Gasteiger partial charge in [-0.2, -0.15) is 4.98 Å². The number of anilines is 2. The second-order valence-corrected chi connectivity index (χ2v) is 7.31. The van der Waals surface area contributed by atoms with Gasteiger partial charge in [0.05, 0.1) is 18.8 Å². The van der Waals surface area contributed by atoms with Crippen LogP contribution in [0.3, 0.4) is 0 Å². The van der Waals surface area contributed by atoms with Gasteiger partial charge < -0.3 is 16.0 Å². The van der Waals surface area contributed by atoms with E-state index in [1.807, 2.05) is 13.8 Å². The lowest BCUT2D eigenvalue weighted by molar-refractivity contribution is 0.392. The number of hydrogen-bond acceptors (Lipinski definition) is 7. The second kappa shape index (κ2) is 4.85. The molecule has 0 aliphatic carbocycles. The minimum Gasteiger partial charge on any atom is -0.382 e. The standard InChI is InChI=1S/C12H12IN5OS/c1-4-6(5(2)19-18-4)3-7-8-9(20-10(7)13)11(14)17-12(15)16-8/h3H2,1-2H3,(H4,14,15,16,17). The van der Waals surface area contributed by atoms with Gasteiger partial charge in [-0.05, 0) is 36.4 Å². The summed E-state index contributed by atoms with van der Waals surface area (Å²) in [4.78, 5) is 8.35. The van der Waals surface area contributed by atoms with E-state index < -0.39 is 0 Å². The molecule has 3 aromatic heterocycles. The Balaban J connectivity index is 2.19. The van der Waals surface area contributed by atoms with E-state index in [4.69, 9.17) is 16.0 Å². The normalized spacial score (nSPS) is 11.3. The van der Waals surface area contributed by atoms with Crippen molar-refractivity contribution in [3.8, 4) is 0 Å². The van der Waals surface area contributed by atoms with Gasteiger partial charge in [0.25, 0.3) is 0 Å². The van der Waals surface area contributed by atoms with Crippen molar-refractivity contribution in [2.75, 3.05) is 11.5 Å². The topological polar surface area (TPSA) is 104 Å². The predicted octanol–water partition coefficient (Wildman–Crippen LogP) is 2.66. The predicted molar refractivity (Wildman–Crippen MR) is 87.7 cm³/mol. The van der Waals surface area contributed by atoms with E-state index in [0.29, 0.717) is 12.2 Å². The van der Waals surface area contributed by atoms with Gasteiger partial charge in [0.1, 0.15) is 11.6 Å². The van der Waals surface area contributed by atoms with E-state index in [9.17, 15) is 0 Å². The third kappa shape index (κ3) is 2.12. The number of aromatic nitrogens is 3. The molecule has 4 N–H and O–H groups in total. The summed E-state index contributed by atoms with van der Waals surface area (Å²) < 4.78 is 7.22. The Morgan fingerprint density at radius 2 is 1.95 bits per heavy atom. The number of nitrogens with two attached hydrogens (primary N) is 2. The molecule has 0 aliphatic rings. The fourth-order valence-electron chi connectivity index (χ4n) is 2.12. The molecule has 0 atom stereocenters. The smallest absolute Gasteiger partial charge is 0.222 e. The van der Waals surface area contributed by atoms with Crippen molar-refractivity contribution >= 4 is 55.9 Å². The molecule has 0 radical (unpaired) electrons. The molecule has 0 amide bonds. The summed E-state index contributed by atoms with van der Waals surface area (Å²) in [5, 5.41) is 3.99. The molecular weight excluding hydrogens is 389 g/mol. The van der Waals surface area contributed by atoms with Gasteiger partial charge in [0.15, 0.2) is 0 Å². The number of nitrogens with zero attached hydrogens (tertiary/aromatic N) is 3. The Bertz CT molecular complexity index is 790. The van der Waals surface area contributed by atoms with Crippen LogP contribution in [0.1, 0.15) is 22.6 Å². The van der Waals surface area contributed by atoms with Crippen LogP contribution in [-0.4, -0.2) is 15.1 Å². The van der Waals surface area contributed by atoms with Gasteiger partial charge >= 0.3 is 0 Å². The minimum atomic E-state index is 0.198. The third-order valence-electron chi connectivity index (χ3n) is 3.16. The summed E-state index contributed by atoms with van der Waals surface area (Å²) in [5.41, 5.74) is 15.5. The number of aryl methyl sites for hydroxylation is 2. The van der Waals surface area contributed by atoms with E-state index in [1.54, 1.807) is 11.3 Å². The maximum atomic E-state index is 5.92. The number of hydrogen-bond donors (Lipinski definition) is 2. The van der Waals surface area contributed by atoms with Crippen molar-refractivity contribution in [3.05, 3.63) is 25.5 Å². The van der Waals surface area contributed by atoms with Crippen LogP contribution in [0.4, 0.5) is 11.8 Å². The van der Waals surface area contributed by atoms with Crippen molar-refractivity contribution in [2.45, 2.75) is 20.3 Å².